The fraction of sp³-hybridized carbons (Fsp3) is 0.400. The lowest BCUT2D eigenvalue weighted by molar-refractivity contribution is -0.142. The number of carbonyl (C=O) groups excluding carboxylic acids is 1. The lowest BCUT2D eigenvalue weighted by Gasteiger charge is -2.14. The van der Waals surface area contributed by atoms with Crippen molar-refractivity contribution in [2.75, 3.05) is 13.2 Å². The monoisotopic (exact) mass is 443 g/mol. The van der Waals surface area contributed by atoms with Gasteiger partial charge in [0.1, 0.15) is 12.4 Å². The van der Waals surface area contributed by atoms with Crippen LogP contribution in [0.2, 0.25) is 0 Å². The van der Waals surface area contributed by atoms with Gasteiger partial charge in [0.25, 0.3) is 0 Å². The molecule has 2 aliphatic carbocycles. The second-order valence-corrected chi connectivity index (χ2v) is 7.01. The van der Waals surface area contributed by atoms with Crippen molar-refractivity contribution < 1.29 is 36.2 Å². The van der Waals surface area contributed by atoms with Crippen molar-refractivity contribution in [1.29, 1.82) is 0 Å². The molecule has 0 radical (unpaired) electrons. The first kappa shape index (κ1) is 22.4. The van der Waals surface area contributed by atoms with Crippen molar-refractivity contribution in [1.82, 2.24) is 10.3 Å². The Balaban J connectivity index is 1.67. The first-order valence-electron chi connectivity index (χ1n) is 9.47. The third-order valence-corrected chi connectivity index (χ3v) is 4.35. The average molecular weight is 443 g/mol. The van der Waals surface area contributed by atoms with Gasteiger partial charge < -0.3 is 24.9 Å². The molecule has 11 heteroatoms. The van der Waals surface area contributed by atoms with Crippen molar-refractivity contribution >= 4 is 17.7 Å². The van der Waals surface area contributed by atoms with Crippen molar-refractivity contribution in [3.05, 3.63) is 52.2 Å². The maximum absolute atomic E-state index is 14.2. The second-order valence-electron chi connectivity index (χ2n) is 7.01. The van der Waals surface area contributed by atoms with Crippen LogP contribution in [-0.2, 0) is 15.9 Å². The molecule has 0 spiro atoms. The number of carbonyl (C=O) groups is 1. The SMILES string of the molecule is C[C@@H](COC1=CCc2nc(=C3C=C(F)C(OCCC(F)(F)F)=CC3)oc2=C1)NC(N)=O. The molecule has 2 amide bonds. The largest absolute Gasteiger partial charge is 0.492 e. The standard InChI is InChI=1S/C20H21F4N3O4/c1-11(26-19(25)28)10-30-13-3-4-15-17(9-13)31-18(27-15)12-2-5-16(14(21)8-12)29-7-6-20(22,23)24/h3,5,8-9,11H,2,4,6-7,10H2,1H3,(H3,25,26,28)/t11-/m0/s1. The number of amides is 2. The van der Waals surface area contributed by atoms with E-state index in [1.807, 2.05) is 0 Å². The van der Waals surface area contributed by atoms with Crippen LogP contribution < -0.4 is 22.0 Å². The number of nitrogens with zero attached hydrogens (tertiary/aromatic N) is 1. The first-order chi connectivity index (χ1) is 14.6. The molecule has 0 aliphatic heterocycles. The van der Waals surface area contributed by atoms with E-state index < -0.39 is 31.1 Å². The number of nitrogens with two attached hydrogens (primary N) is 1. The van der Waals surface area contributed by atoms with Crippen molar-refractivity contribution in [2.24, 2.45) is 5.73 Å². The third kappa shape index (κ3) is 6.37. The molecular formula is C20H21F4N3O4. The van der Waals surface area contributed by atoms with E-state index in [1.54, 1.807) is 19.1 Å². The number of alkyl halides is 3. The van der Waals surface area contributed by atoms with Crippen molar-refractivity contribution in [3.8, 4) is 0 Å². The molecule has 2 aliphatic rings. The Morgan fingerprint density at radius 3 is 2.74 bits per heavy atom. The quantitative estimate of drug-likeness (QED) is 0.630. The summed E-state index contributed by atoms with van der Waals surface area (Å²) in [6.45, 7) is 1.28. The normalized spacial score (nSPS) is 18.7. The minimum absolute atomic E-state index is 0.196. The van der Waals surface area contributed by atoms with Gasteiger partial charge in [-0.15, -0.1) is 0 Å². The molecule has 31 heavy (non-hydrogen) atoms. The van der Waals surface area contributed by atoms with Gasteiger partial charge in [-0.25, -0.2) is 14.2 Å². The van der Waals surface area contributed by atoms with Crippen LogP contribution in [0, 0.1) is 0 Å². The van der Waals surface area contributed by atoms with E-state index in [-0.39, 0.29) is 30.4 Å². The summed E-state index contributed by atoms with van der Waals surface area (Å²) in [4.78, 5) is 15.2. The Bertz CT molecular complexity index is 1050. The van der Waals surface area contributed by atoms with E-state index in [0.717, 1.165) is 6.08 Å². The molecule has 3 N–H and O–H groups in total. The first-order valence-corrected chi connectivity index (χ1v) is 9.47. The van der Waals surface area contributed by atoms with E-state index >= 15 is 0 Å². The lowest BCUT2D eigenvalue weighted by atomic mass is 10.1. The second kappa shape index (κ2) is 9.27. The highest BCUT2D eigenvalue weighted by atomic mass is 19.4. The van der Waals surface area contributed by atoms with E-state index in [0.29, 0.717) is 28.9 Å². The summed E-state index contributed by atoms with van der Waals surface area (Å²) in [6.07, 6.45) is 1.02. The Morgan fingerprint density at radius 1 is 1.29 bits per heavy atom. The molecule has 1 aromatic rings. The molecule has 3 rings (SSSR count). The summed E-state index contributed by atoms with van der Waals surface area (Å²) in [5.74, 6) is -0.488. The van der Waals surface area contributed by atoms with Crippen LogP contribution in [0.4, 0.5) is 22.4 Å². The molecule has 1 aromatic heterocycles. The number of halogens is 4. The number of aromatic nitrogens is 1. The van der Waals surface area contributed by atoms with E-state index in [1.165, 1.54) is 6.08 Å². The molecule has 0 saturated carbocycles. The zero-order valence-electron chi connectivity index (χ0n) is 16.6. The average Bonchev–Trinajstić information content (AvgIpc) is 3.09. The maximum atomic E-state index is 14.2. The van der Waals surface area contributed by atoms with E-state index in [9.17, 15) is 22.4 Å². The summed E-state index contributed by atoms with van der Waals surface area (Å²) >= 11 is 0. The number of fused-ring (bicyclic) bond motifs is 1. The van der Waals surface area contributed by atoms with Crippen LogP contribution in [0.15, 0.2) is 40.0 Å². The number of hydrogen-bond acceptors (Lipinski definition) is 5. The zero-order chi connectivity index (χ0) is 22.6. The topological polar surface area (TPSA) is 99.6 Å². The van der Waals surface area contributed by atoms with Gasteiger partial charge in [0.05, 0.1) is 24.8 Å². The predicted molar refractivity (Wildman–Crippen MR) is 102 cm³/mol. The number of ether oxygens (including phenoxy) is 2. The fourth-order valence-corrected chi connectivity index (χ4v) is 2.89. The number of primary amides is 1. The van der Waals surface area contributed by atoms with Crippen LogP contribution in [0.25, 0.3) is 11.6 Å². The molecular weight excluding hydrogens is 422 g/mol. The summed E-state index contributed by atoms with van der Waals surface area (Å²) in [5.41, 5.74) is 6.80. The predicted octanol–water partition coefficient (Wildman–Crippen LogP) is 2.23. The van der Waals surface area contributed by atoms with Crippen LogP contribution >= 0.6 is 0 Å². The number of rotatable bonds is 7. The molecule has 7 nitrogen and oxygen atoms in total. The van der Waals surface area contributed by atoms with Crippen LogP contribution in [-0.4, -0.2) is 36.4 Å². The number of urea groups is 1. The fourth-order valence-electron chi connectivity index (χ4n) is 2.89. The lowest BCUT2D eigenvalue weighted by Crippen LogP contribution is -2.39. The highest BCUT2D eigenvalue weighted by molar-refractivity contribution is 5.71. The van der Waals surface area contributed by atoms with Crippen molar-refractivity contribution in [3.63, 3.8) is 0 Å². The molecule has 0 fully saturated rings. The molecule has 0 aromatic carbocycles. The minimum Gasteiger partial charge on any atom is -0.492 e. The number of nitrogens with one attached hydrogen (secondary N) is 1. The maximum Gasteiger partial charge on any atom is 0.392 e. The Morgan fingerprint density at radius 2 is 2.06 bits per heavy atom. The van der Waals surface area contributed by atoms with Gasteiger partial charge >= 0.3 is 12.2 Å². The molecule has 1 atom stereocenters. The van der Waals surface area contributed by atoms with Crippen LogP contribution in [0.5, 0.6) is 0 Å². The molecule has 168 valence electrons. The number of oxazole rings is 1. The van der Waals surface area contributed by atoms with Crippen molar-refractivity contribution in [2.45, 2.75) is 38.4 Å². The van der Waals surface area contributed by atoms with Gasteiger partial charge in [-0.3, -0.25) is 0 Å². The molecule has 0 unspecified atom stereocenters. The Labute approximate surface area is 174 Å². The Kier molecular flexibility index (Phi) is 6.71. The van der Waals surface area contributed by atoms with E-state index in [2.05, 4.69) is 10.3 Å². The van der Waals surface area contributed by atoms with Gasteiger partial charge in [-0.2, -0.15) is 13.2 Å². The van der Waals surface area contributed by atoms with Gasteiger partial charge in [0.15, 0.2) is 17.0 Å². The summed E-state index contributed by atoms with van der Waals surface area (Å²) < 4.78 is 67.0. The van der Waals surface area contributed by atoms with Crippen LogP contribution in [0.1, 0.15) is 25.5 Å². The number of allylic oxidation sites excluding steroid dienone is 5. The molecule has 0 bridgehead atoms. The third-order valence-electron chi connectivity index (χ3n) is 4.35. The van der Waals surface area contributed by atoms with Gasteiger partial charge in [0, 0.05) is 18.1 Å². The smallest absolute Gasteiger partial charge is 0.392 e. The molecule has 0 saturated heterocycles. The Hall–Kier alpha value is -3.24. The van der Waals surface area contributed by atoms with E-state index in [4.69, 9.17) is 19.6 Å². The molecule has 1 heterocycles. The summed E-state index contributed by atoms with van der Waals surface area (Å²) in [6, 6.07) is -0.934. The highest BCUT2D eigenvalue weighted by Crippen LogP contribution is 2.26. The summed E-state index contributed by atoms with van der Waals surface area (Å²) in [5, 5.41) is 2.50. The highest BCUT2D eigenvalue weighted by Gasteiger charge is 2.27. The number of hydrogen-bond donors (Lipinski definition) is 2. The van der Waals surface area contributed by atoms with Crippen LogP contribution in [0.3, 0.4) is 0 Å². The van der Waals surface area contributed by atoms with Gasteiger partial charge in [-0.1, -0.05) is 0 Å². The minimum atomic E-state index is -4.37. The summed E-state index contributed by atoms with van der Waals surface area (Å²) in [7, 11) is 0. The van der Waals surface area contributed by atoms with Gasteiger partial charge in [-0.05, 0) is 31.6 Å². The zero-order valence-corrected chi connectivity index (χ0v) is 16.6. The van der Waals surface area contributed by atoms with Gasteiger partial charge in [0.2, 0.25) is 5.55 Å².